The lowest BCUT2D eigenvalue weighted by molar-refractivity contribution is 0.222. The molecule has 1 aliphatic rings. The molecule has 1 fully saturated rings. The Kier molecular flexibility index (Phi) is 6.86. The van der Waals surface area contributed by atoms with Crippen LogP contribution in [0.5, 0.6) is 0 Å². The number of sulfonamides is 1. The van der Waals surface area contributed by atoms with Gasteiger partial charge in [-0.05, 0) is 36.9 Å². The summed E-state index contributed by atoms with van der Waals surface area (Å²) < 4.78 is 34.4. The first-order valence-electron chi connectivity index (χ1n) is 12.8. The van der Waals surface area contributed by atoms with Gasteiger partial charge >= 0.3 is 0 Å². The second-order valence-electron chi connectivity index (χ2n) is 9.56. The second-order valence-corrected chi connectivity index (χ2v) is 11.5. The standard InChI is InChI=1S/C28H29N7O3S/c1-34-13-15-35(16-14-34)39(36,37)23-9-7-21(8-10-23)26-24(20-5-3-2-4-6-20)25-27(32-19-33-28(25)38-26)30-12-11-22-17-29-18-31-22/h2-10,17-19H,11-16H2,1H3,(H,29,31)(H,30,32,33). The average molecular weight is 544 g/mol. The first-order chi connectivity index (χ1) is 19.0. The lowest BCUT2D eigenvalue weighted by Crippen LogP contribution is -2.46. The molecule has 0 spiro atoms. The van der Waals surface area contributed by atoms with E-state index in [0.29, 0.717) is 36.9 Å². The third-order valence-electron chi connectivity index (χ3n) is 7.01. The summed E-state index contributed by atoms with van der Waals surface area (Å²) in [7, 11) is -1.57. The van der Waals surface area contributed by atoms with Crippen LogP contribution in [0.3, 0.4) is 0 Å². The molecule has 0 radical (unpaired) electrons. The Morgan fingerprint density at radius 2 is 1.74 bits per heavy atom. The van der Waals surface area contributed by atoms with Crippen LogP contribution in [0.25, 0.3) is 33.6 Å². The van der Waals surface area contributed by atoms with Gasteiger partial charge in [-0.15, -0.1) is 0 Å². The minimum Gasteiger partial charge on any atom is -0.437 e. The second kappa shape index (κ2) is 10.6. The Labute approximate surface area is 226 Å². The molecular weight excluding hydrogens is 514 g/mol. The maximum Gasteiger partial charge on any atom is 0.243 e. The smallest absolute Gasteiger partial charge is 0.243 e. The molecule has 0 saturated carbocycles. The molecule has 4 heterocycles. The fourth-order valence-electron chi connectivity index (χ4n) is 4.84. The van der Waals surface area contributed by atoms with E-state index in [9.17, 15) is 8.42 Å². The number of anilines is 1. The highest BCUT2D eigenvalue weighted by Crippen LogP contribution is 2.42. The van der Waals surface area contributed by atoms with E-state index in [1.165, 1.54) is 6.33 Å². The summed E-state index contributed by atoms with van der Waals surface area (Å²) in [6, 6.07) is 16.8. The molecule has 200 valence electrons. The number of nitrogens with one attached hydrogen (secondary N) is 2. The van der Waals surface area contributed by atoms with Crippen LogP contribution in [-0.4, -0.2) is 77.3 Å². The molecule has 0 amide bonds. The van der Waals surface area contributed by atoms with Crippen molar-refractivity contribution in [3.05, 3.63) is 79.1 Å². The number of hydrogen-bond acceptors (Lipinski definition) is 8. The minimum atomic E-state index is -3.57. The van der Waals surface area contributed by atoms with Crippen molar-refractivity contribution in [3.8, 4) is 22.5 Å². The lowest BCUT2D eigenvalue weighted by atomic mass is 9.99. The number of furan rings is 1. The molecule has 2 aromatic carbocycles. The van der Waals surface area contributed by atoms with Gasteiger partial charge in [0.2, 0.25) is 15.7 Å². The van der Waals surface area contributed by atoms with Crippen molar-refractivity contribution in [3.63, 3.8) is 0 Å². The highest BCUT2D eigenvalue weighted by atomic mass is 32.2. The van der Waals surface area contributed by atoms with E-state index in [0.717, 1.165) is 47.3 Å². The Balaban J connectivity index is 1.37. The molecule has 0 atom stereocenters. The Bertz CT molecular complexity index is 1660. The number of aromatic nitrogens is 4. The Hall–Kier alpha value is -4.06. The zero-order chi connectivity index (χ0) is 26.8. The highest BCUT2D eigenvalue weighted by Gasteiger charge is 2.28. The first-order valence-corrected chi connectivity index (χ1v) is 14.3. The van der Waals surface area contributed by atoms with Gasteiger partial charge < -0.3 is 19.6 Å². The lowest BCUT2D eigenvalue weighted by Gasteiger charge is -2.31. The molecular formula is C28H29N7O3S. The predicted molar refractivity (Wildman–Crippen MR) is 150 cm³/mol. The van der Waals surface area contributed by atoms with Crippen molar-refractivity contribution >= 4 is 26.9 Å². The molecule has 0 unspecified atom stereocenters. The maximum atomic E-state index is 13.3. The van der Waals surface area contributed by atoms with Crippen LogP contribution in [0, 0.1) is 0 Å². The number of hydrogen-bond donors (Lipinski definition) is 2. The largest absolute Gasteiger partial charge is 0.437 e. The summed E-state index contributed by atoms with van der Waals surface area (Å²) in [5.41, 5.74) is 4.04. The van der Waals surface area contributed by atoms with Gasteiger partial charge in [0.15, 0.2) is 0 Å². The van der Waals surface area contributed by atoms with Crippen LogP contribution in [0.4, 0.5) is 5.82 Å². The predicted octanol–water partition coefficient (Wildman–Crippen LogP) is 3.87. The number of benzene rings is 2. The molecule has 0 aliphatic carbocycles. The molecule has 11 heteroatoms. The van der Waals surface area contributed by atoms with Crippen LogP contribution >= 0.6 is 0 Å². The van der Waals surface area contributed by atoms with Gasteiger partial charge in [-0.3, -0.25) is 0 Å². The fourth-order valence-corrected chi connectivity index (χ4v) is 6.27. The zero-order valence-electron chi connectivity index (χ0n) is 21.5. The van der Waals surface area contributed by atoms with Crippen LogP contribution in [-0.2, 0) is 16.4 Å². The zero-order valence-corrected chi connectivity index (χ0v) is 22.4. The van der Waals surface area contributed by atoms with E-state index in [-0.39, 0.29) is 4.90 Å². The van der Waals surface area contributed by atoms with E-state index in [1.54, 1.807) is 41.1 Å². The van der Waals surface area contributed by atoms with Crippen molar-refractivity contribution in [1.29, 1.82) is 0 Å². The molecule has 1 saturated heterocycles. The van der Waals surface area contributed by atoms with Crippen molar-refractivity contribution in [2.24, 2.45) is 0 Å². The summed E-state index contributed by atoms with van der Waals surface area (Å²) >= 11 is 0. The third-order valence-corrected chi connectivity index (χ3v) is 8.92. The van der Waals surface area contributed by atoms with Gasteiger partial charge in [0.25, 0.3) is 0 Å². The SMILES string of the molecule is CN1CCN(S(=O)(=O)c2ccc(-c3oc4ncnc(NCCc5cnc[nH]5)c4c3-c3ccccc3)cc2)CC1. The van der Waals surface area contributed by atoms with E-state index < -0.39 is 10.0 Å². The highest BCUT2D eigenvalue weighted by molar-refractivity contribution is 7.89. The Morgan fingerprint density at radius 1 is 0.974 bits per heavy atom. The fraction of sp³-hybridized carbons (Fsp3) is 0.250. The normalized spacial score (nSPS) is 15.1. The maximum absolute atomic E-state index is 13.3. The molecule has 0 bridgehead atoms. The summed E-state index contributed by atoms with van der Waals surface area (Å²) in [6.07, 6.45) is 5.70. The van der Waals surface area contributed by atoms with Gasteiger partial charge in [-0.2, -0.15) is 4.31 Å². The van der Waals surface area contributed by atoms with Crippen LogP contribution in [0.2, 0.25) is 0 Å². The number of imidazole rings is 1. The number of H-pyrrole nitrogens is 1. The van der Waals surface area contributed by atoms with Crippen molar-refractivity contribution < 1.29 is 12.8 Å². The van der Waals surface area contributed by atoms with E-state index in [2.05, 4.69) is 30.2 Å². The van der Waals surface area contributed by atoms with Crippen molar-refractivity contribution in [2.45, 2.75) is 11.3 Å². The molecule has 10 nitrogen and oxygen atoms in total. The monoisotopic (exact) mass is 543 g/mol. The molecule has 1 aliphatic heterocycles. The number of rotatable bonds is 8. The van der Waals surface area contributed by atoms with E-state index >= 15 is 0 Å². The molecule has 39 heavy (non-hydrogen) atoms. The number of piperazine rings is 1. The van der Waals surface area contributed by atoms with E-state index in [4.69, 9.17) is 4.42 Å². The summed E-state index contributed by atoms with van der Waals surface area (Å²) in [5.74, 6) is 1.28. The molecule has 2 N–H and O–H groups in total. The average Bonchev–Trinajstić information content (AvgIpc) is 3.62. The third kappa shape index (κ3) is 5.03. The number of likely N-dealkylation sites (N-methyl/N-ethyl adjacent to an activating group) is 1. The van der Waals surface area contributed by atoms with Gasteiger partial charge in [-0.1, -0.05) is 30.3 Å². The summed E-state index contributed by atoms with van der Waals surface area (Å²) in [6.45, 7) is 3.04. The minimum absolute atomic E-state index is 0.272. The van der Waals surface area contributed by atoms with Crippen LogP contribution < -0.4 is 5.32 Å². The van der Waals surface area contributed by atoms with Gasteiger partial charge in [0.05, 0.1) is 16.6 Å². The first kappa shape index (κ1) is 25.2. The van der Waals surface area contributed by atoms with Gasteiger partial charge in [0.1, 0.15) is 17.9 Å². The molecule has 5 aromatic rings. The Morgan fingerprint density at radius 3 is 2.46 bits per heavy atom. The molecule has 3 aromatic heterocycles. The van der Waals surface area contributed by atoms with E-state index in [1.807, 2.05) is 37.4 Å². The summed E-state index contributed by atoms with van der Waals surface area (Å²) in [5, 5.41) is 4.20. The van der Waals surface area contributed by atoms with Crippen LogP contribution in [0.15, 0.2) is 82.8 Å². The van der Waals surface area contributed by atoms with Gasteiger partial charge in [-0.25, -0.2) is 23.4 Å². The number of aromatic amines is 1. The van der Waals surface area contributed by atoms with Gasteiger partial charge in [0, 0.05) is 62.2 Å². The molecule has 6 rings (SSSR count). The number of fused-ring (bicyclic) bond motifs is 1. The quantitative estimate of drug-likeness (QED) is 0.303. The number of nitrogens with zero attached hydrogens (tertiary/aromatic N) is 5. The van der Waals surface area contributed by atoms with Crippen molar-refractivity contribution in [2.75, 3.05) is 45.1 Å². The summed E-state index contributed by atoms with van der Waals surface area (Å²) in [4.78, 5) is 18.5. The topological polar surface area (TPSA) is 120 Å². The van der Waals surface area contributed by atoms with Crippen molar-refractivity contribution in [1.82, 2.24) is 29.1 Å². The van der Waals surface area contributed by atoms with Crippen LogP contribution in [0.1, 0.15) is 5.69 Å².